The molecule has 0 aliphatic carbocycles. The predicted octanol–water partition coefficient (Wildman–Crippen LogP) is 3.70. The number of phenols is 1. The van der Waals surface area contributed by atoms with Crippen LogP contribution < -0.4 is 5.69 Å². The minimum absolute atomic E-state index is 0.0131. The number of benzene rings is 2. The van der Waals surface area contributed by atoms with E-state index in [9.17, 15) is 23.1 Å². The number of imidazole rings is 1. The number of halogens is 4. The lowest BCUT2D eigenvalue weighted by atomic mass is 10.2. The number of hydrogen-bond donors (Lipinski definition) is 2. The van der Waals surface area contributed by atoms with Gasteiger partial charge in [0.2, 0.25) is 0 Å². The molecule has 1 aromatic heterocycles. The third-order valence-corrected chi connectivity index (χ3v) is 3.42. The summed E-state index contributed by atoms with van der Waals surface area (Å²) in [4.78, 5) is 14.4. The molecule has 0 radical (unpaired) electrons. The molecule has 0 bridgehead atoms. The SMILES string of the molecule is O=c1[nH]c2cc(C(F)(F)F)ccc2n1-c1cc(Cl)ccc1O. The zero-order chi connectivity index (χ0) is 16.1. The molecule has 0 fully saturated rings. The van der Waals surface area contributed by atoms with Crippen molar-refractivity contribution < 1.29 is 18.3 Å². The van der Waals surface area contributed by atoms with Crippen LogP contribution in [0, 0.1) is 0 Å². The Morgan fingerprint density at radius 1 is 1.14 bits per heavy atom. The fourth-order valence-corrected chi connectivity index (χ4v) is 2.37. The van der Waals surface area contributed by atoms with Crippen LogP contribution in [0.3, 0.4) is 0 Å². The fraction of sp³-hybridized carbons (Fsp3) is 0.0714. The van der Waals surface area contributed by atoms with Gasteiger partial charge < -0.3 is 10.1 Å². The van der Waals surface area contributed by atoms with Gasteiger partial charge in [0.25, 0.3) is 0 Å². The van der Waals surface area contributed by atoms with Crippen LogP contribution in [0.4, 0.5) is 13.2 Å². The first kappa shape index (κ1) is 14.5. The molecule has 3 rings (SSSR count). The minimum atomic E-state index is -4.51. The summed E-state index contributed by atoms with van der Waals surface area (Å²) < 4.78 is 39.2. The molecular weight excluding hydrogens is 321 g/mol. The van der Waals surface area contributed by atoms with Gasteiger partial charge in [-0.3, -0.25) is 4.57 Å². The lowest BCUT2D eigenvalue weighted by Gasteiger charge is -2.08. The number of nitrogens with one attached hydrogen (secondary N) is 1. The Morgan fingerprint density at radius 3 is 2.55 bits per heavy atom. The van der Waals surface area contributed by atoms with E-state index in [0.717, 1.165) is 22.8 Å². The topological polar surface area (TPSA) is 58.0 Å². The summed E-state index contributed by atoms with van der Waals surface area (Å²) in [5.74, 6) is -0.215. The molecule has 0 saturated heterocycles. The Kier molecular flexibility index (Phi) is 3.17. The number of aromatic hydroxyl groups is 1. The second kappa shape index (κ2) is 4.81. The molecule has 22 heavy (non-hydrogen) atoms. The van der Waals surface area contributed by atoms with Crippen molar-refractivity contribution in [2.45, 2.75) is 6.18 Å². The number of hydrogen-bond acceptors (Lipinski definition) is 2. The average molecular weight is 329 g/mol. The highest BCUT2D eigenvalue weighted by atomic mass is 35.5. The van der Waals surface area contributed by atoms with Gasteiger partial charge in [-0.25, -0.2) is 4.79 Å². The highest BCUT2D eigenvalue weighted by molar-refractivity contribution is 6.30. The number of rotatable bonds is 1. The van der Waals surface area contributed by atoms with Gasteiger partial charge >= 0.3 is 11.9 Å². The van der Waals surface area contributed by atoms with Crippen LogP contribution in [0.5, 0.6) is 5.75 Å². The first-order valence-corrected chi connectivity index (χ1v) is 6.46. The highest BCUT2D eigenvalue weighted by Crippen LogP contribution is 2.32. The highest BCUT2D eigenvalue weighted by Gasteiger charge is 2.31. The van der Waals surface area contributed by atoms with Crippen molar-refractivity contribution in [1.82, 2.24) is 9.55 Å². The molecule has 8 heteroatoms. The fourth-order valence-electron chi connectivity index (χ4n) is 2.20. The zero-order valence-corrected chi connectivity index (χ0v) is 11.5. The van der Waals surface area contributed by atoms with E-state index < -0.39 is 17.4 Å². The number of nitrogens with zero attached hydrogens (tertiary/aromatic N) is 1. The zero-order valence-electron chi connectivity index (χ0n) is 10.8. The number of phenolic OH excluding ortho intramolecular Hbond substituents is 1. The van der Waals surface area contributed by atoms with Gasteiger partial charge in [0.1, 0.15) is 5.75 Å². The summed E-state index contributed by atoms with van der Waals surface area (Å²) in [6.45, 7) is 0. The van der Waals surface area contributed by atoms with E-state index in [4.69, 9.17) is 11.6 Å². The van der Waals surface area contributed by atoms with Crippen molar-refractivity contribution in [2.24, 2.45) is 0 Å². The van der Waals surface area contributed by atoms with E-state index in [1.807, 2.05) is 0 Å². The van der Waals surface area contributed by atoms with Crippen LogP contribution in [-0.2, 0) is 6.18 Å². The van der Waals surface area contributed by atoms with Crippen molar-refractivity contribution in [2.75, 3.05) is 0 Å². The molecule has 2 N–H and O–H groups in total. The second-order valence-electron chi connectivity index (χ2n) is 4.63. The molecule has 114 valence electrons. The maximum atomic E-state index is 12.7. The van der Waals surface area contributed by atoms with Crippen LogP contribution >= 0.6 is 11.6 Å². The van der Waals surface area contributed by atoms with Crippen molar-refractivity contribution in [3.8, 4) is 11.4 Å². The van der Waals surface area contributed by atoms with Crippen molar-refractivity contribution in [3.63, 3.8) is 0 Å². The van der Waals surface area contributed by atoms with Gasteiger partial charge in [-0.2, -0.15) is 13.2 Å². The molecule has 0 aliphatic heterocycles. The van der Waals surface area contributed by atoms with Crippen molar-refractivity contribution >= 4 is 22.6 Å². The molecular formula is C14H8ClF3N2O2. The van der Waals surface area contributed by atoms with Crippen molar-refractivity contribution in [1.29, 1.82) is 0 Å². The molecule has 0 aliphatic rings. The number of fused-ring (bicyclic) bond motifs is 1. The van der Waals surface area contributed by atoms with Crippen LogP contribution in [0.1, 0.15) is 5.56 Å². The van der Waals surface area contributed by atoms with Crippen LogP contribution in [0.2, 0.25) is 5.02 Å². The summed E-state index contributed by atoms with van der Waals surface area (Å²) in [5, 5.41) is 10.1. The normalized spacial score (nSPS) is 12.0. The number of H-pyrrole nitrogens is 1. The predicted molar refractivity (Wildman–Crippen MR) is 75.6 cm³/mol. The molecule has 0 atom stereocenters. The van der Waals surface area contributed by atoms with Gasteiger partial charge in [-0.15, -0.1) is 0 Å². The first-order chi connectivity index (χ1) is 10.3. The van der Waals surface area contributed by atoms with Gasteiger partial charge in [-0.1, -0.05) is 11.6 Å². The molecule has 0 unspecified atom stereocenters. The molecule has 0 amide bonds. The van der Waals surface area contributed by atoms with E-state index in [1.54, 1.807) is 0 Å². The quantitative estimate of drug-likeness (QED) is 0.715. The Bertz CT molecular complexity index is 928. The van der Waals surface area contributed by atoms with Crippen LogP contribution in [-0.4, -0.2) is 14.7 Å². The van der Waals surface area contributed by atoms with Gasteiger partial charge in [0.05, 0.1) is 22.3 Å². The van der Waals surface area contributed by atoms with Crippen LogP contribution in [0.15, 0.2) is 41.2 Å². The molecule has 0 saturated carbocycles. The molecule has 2 aromatic carbocycles. The van der Waals surface area contributed by atoms with Gasteiger partial charge in [0, 0.05) is 5.02 Å². The molecule has 1 heterocycles. The Balaban J connectivity index is 2.30. The summed E-state index contributed by atoms with van der Waals surface area (Å²) in [5.41, 5.74) is -1.24. The van der Waals surface area contributed by atoms with E-state index in [2.05, 4.69) is 4.98 Å². The number of alkyl halides is 3. The summed E-state index contributed by atoms with van der Waals surface area (Å²) in [7, 11) is 0. The molecule has 4 nitrogen and oxygen atoms in total. The first-order valence-electron chi connectivity index (χ1n) is 6.08. The van der Waals surface area contributed by atoms with Crippen LogP contribution in [0.25, 0.3) is 16.7 Å². The maximum absolute atomic E-state index is 12.7. The lowest BCUT2D eigenvalue weighted by Crippen LogP contribution is -2.14. The van der Waals surface area contributed by atoms with E-state index in [0.29, 0.717) is 0 Å². The standard InChI is InChI=1S/C14H8ClF3N2O2/c15-8-2-4-12(21)11(6-8)20-10-3-1-7(14(16,17)18)5-9(10)19-13(20)22/h1-6,21H,(H,19,22). The smallest absolute Gasteiger partial charge is 0.416 e. The van der Waals surface area contributed by atoms with Gasteiger partial charge in [-0.05, 0) is 36.4 Å². The minimum Gasteiger partial charge on any atom is -0.506 e. The van der Waals surface area contributed by atoms with Gasteiger partial charge in [0.15, 0.2) is 0 Å². The van der Waals surface area contributed by atoms with Crippen molar-refractivity contribution in [3.05, 3.63) is 57.5 Å². The lowest BCUT2D eigenvalue weighted by molar-refractivity contribution is -0.137. The third kappa shape index (κ3) is 2.33. The molecule has 0 spiro atoms. The van der Waals surface area contributed by atoms with E-state index >= 15 is 0 Å². The Labute approximate surface area is 126 Å². The summed E-state index contributed by atoms with van der Waals surface area (Å²) in [6, 6.07) is 6.96. The third-order valence-electron chi connectivity index (χ3n) is 3.19. The number of aromatic amines is 1. The van der Waals surface area contributed by atoms with E-state index in [-0.39, 0.29) is 27.5 Å². The Hall–Kier alpha value is -2.41. The second-order valence-corrected chi connectivity index (χ2v) is 5.06. The summed E-state index contributed by atoms with van der Waals surface area (Å²) in [6.07, 6.45) is -4.51. The largest absolute Gasteiger partial charge is 0.506 e. The monoisotopic (exact) mass is 328 g/mol. The van der Waals surface area contributed by atoms with E-state index in [1.165, 1.54) is 18.2 Å². The maximum Gasteiger partial charge on any atom is 0.416 e. The summed E-state index contributed by atoms with van der Waals surface area (Å²) >= 11 is 5.84. The Morgan fingerprint density at radius 2 is 1.86 bits per heavy atom. The number of aromatic nitrogens is 2. The molecule has 3 aromatic rings. The average Bonchev–Trinajstić information content (AvgIpc) is 2.75.